The summed E-state index contributed by atoms with van der Waals surface area (Å²) in [6.45, 7) is 3.31. The van der Waals surface area contributed by atoms with Crippen LogP contribution in [0.5, 0.6) is 0 Å². The Morgan fingerprint density at radius 3 is 2.44 bits per heavy atom. The van der Waals surface area contributed by atoms with Gasteiger partial charge in [-0.15, -0.1) is 0 Å². The van der Waals surface area contributed by atoms with Gasteiger partial charge in [-0.25, -0.2) is 4.98 Å². The first-order valence-corrected chi connectivity index (χ1v) is 5.87. The fourth-order valence-corrected chi connectivity index (χ4v) is 2.29. The van der Waals surface area contributed by atoms with E-state index in [9.17, 15) is 5.26 Å². The highest BCUT2D eigenvalue weighted by atomic mass is 16.5. The minimum absolute atomic E-state index is 0.0175. The molecule has 96 valence electrons. The van der Waals surface area contributed by atoms with Crippen molar-refractivity contribution in [2.24, 2.45) is 0 Å². The summed E-state index contributed by atoms with van der Waals surface area (Å²) in [5, 5.41) is 9.23. The lowest BCUT2D eigenvalue weighted by Crippen LogP contribution is -2.27. The van der Waals surface area contributed by atoms with Gasteiger partial charge in [-0.05, 0) is 18.6 Å². The first-order valence-electron chi connectivity index (χ1n) is 5.87. The molecule has 1 saturated heterocycles. The van der Waals surface area contributed by atoms with E-state index in [2.05, 4.69) is 11.1 Å². The Morgan fingerprint density at radius 1 is 1.33 bits per heavy atom. The smallest absolute Gasteiger partial charge is 0.146 e. The van der Waals surface area contributed by atoms with Crippen LogP contribution in [0.25, 0.3) is 0 Å². The molecule has 0 aromatic carbocycles. The summed E-state index contributed by atoms with van der Waals surface area (Å²) in [7, 11) is 3.35. The monoisotopic (exact) mass is 247 g/mol. The van der Waals surface area contributed by atoms with Crippen LogP contribution in [0.15, 0.2) is 12.3 Å². The van der Waals surface area contributed by atoms with Crippen LogP contribution < -0.4 is 4.90 Å². The second-order valence-corrected chi connectivity index (χ2v) is 4.39. The molecule has 0 spiro atoms. The zero-order chi connectivity index (χ0) is 13.1. The maximum absolute atomic E-state index is 9.23. The molecule has 1 aliphatic heterocycles. The van der Waals surface area contributed by atoms with E-state index in [0.29, 0.717) is 18.7 Å². The third kappa shape index (κ3) is 2.17. The molecule has 2 rings (SSSR count). The lowest BCUT2D eigenvalue weighted by molar-refractivity contribution is -0.00461. The van der Waals surface area contributed by atoms with Gasteiger partial charge in [-0.1, -0.05) is 0 Å². The van der Waals surface area contributed by atoms with Crippen molar-refractivity contribution in [3.8, 4) is 6.07 Å². The number of hydrogen-bond acceptors (Lipinski definition) is 5. The number of hydrogen-bond donors (Lipinski definition) is 0. The lowest BCUT2D eigenvalue weighted by atomic mass is 10.1. The maximum Gasteiger partial charge on any atom is 0.146 e. The molecular formula is C13H17N3O2. The minimum Gasteiger partial charge on any atom is -0.377 e. The van der Waals surface area contributed by atoms with Crippen molar-refractivity contribution in [2.75, 3.05) is 32.2 Å². The number of methoxy groups -OCH3 is 2. The van der Waals surface area contributed by atoms with Crippen LogP contribution >= 0.6 is 0 Å². The van der Waals surface area contributed by atoms with Crippen molar-refractivity contribution in [1.82, 2.24) is 4.98 Å². The molecule has 0 radical (unpaired) electrons. The molecule has 2 atom stereocenters. The predicted octanol–water partition coefficient (Wildman–Crippen LogP) is 1.11. The molecular weight excluding hydrogens is 230 g/mol. The molecule has 1 aromatic rings. The van der Waals surface area contributed by atoms with Gasteiger partial charge in [0.2, 0.25) is 0 Å². The highest BCUT2D eigenvalue weighted by molar-refractivity contribution is 5.58. The topological polar surface area (TPSA) is 58.4 Å². The Kier molecular flexibility index (Phi) is 3.80. The van der Waals surface area contributed by atoms with Crippen molar-refractivity contribution >= 4 is 5.82 Å². The van der Waals surface area contributed by atoms with Crippen LogP contribution in [0.2, 0.25) is 0 Å². The van der Waals surface area contributed by atoms with Gasteiger partial charge in [0, 0.05) is 33.5 Å². The van der Waals surface area contributed by atoms with Gasteiger partial charge in [-0.3, -0.25) is 0 Å². The average Bonchev–Trinajstić information content (AvgIpc) is 2.81. The second-order valence-electron chi connectivity index (χ2n) is 4.39. The largest absolute Gasteiger partial charge is 0.377 e. The number of aromatic nitrogens is 1. The highest BCUT2D eigenvalue weighted by Crippen LogP contribution is 2.25. The summed E-state index contributed by atoms with van der Waals surface area (Å²) in [5.74, 6) is 0.721. The second kappa shape index (κ2) is 5.34. The van der Waals surface area contributed by atoms with Crippen molar-refractivity contribution < 1.29 is 9.47 Å². The Hall–Kier alpha value is -1.64. The third-order valence-corrected chi connectivity index (χ3v) is 3.37. The molecule has 1 fully saturated rings. The molecule has 0 bridgehead atoms. The van der Waals surface area contributed by atoms with E-state index >= 15 is 0 Å². The number of rotatable bonds is 3. The Bertz CT molecular complexity index is 458. The molecule has 1 aliphatic rings. The van der Waals surface area contributed by atoms with Crippen molar-refractivity contribution in [3.63, 3.8) is 0 Å². The summed E-state index contributed by atoms with van der Waals surface area (Å²) in [6.07, 6.45) is 1.76. The van der Waals surface area contributed by atoms with E-state index in [-0.39, 0.29) is 12.2 Å². The Morgan fingerprint density at radius 2 is 1.94 bits per heavy atom. The predicted molar refractivity (Wildman–Crippen MR) is 67.5 cm³/mol. The summed E-state index contributed by atoms with van der Waals surface area (Å²) >= 11 is 0. The van der Waals surface area contributed by atoms with Crippen LogP contribution in [0.3, 0.4) is 0 Å². The molecule has 2 unspecified atom stereocenters. The molecule has 0 aliphatic carbocycles. The van der Waals surface area contributed by atoms with Gasteiger partial charge >= 0.3 is 0 Å². The molecule has 2 heterocycles. The zero-order valence-corrected chi connectivity index (χ0v) is 10.9. The quantitative estimate of drug-likeness (QED) is 0.801. The first kappa shape index (κ1) is 12.8. The van der Waals surface area contributed by atoms with Crippen LogP contribution in [0.4, 0.5) is 5.82 Å². The molecule has 1 aromatic heterocycles. The summed E-state index contributed by atoms with van der Waals surface area (Å²) < 4.78 is 10.8. The number of pyridine rings is 1. The van der Waals surface area contributed by atoms with E-state index in [4.69, 9.17) is 9.47 Å². The van der Waals surface area contributed by atoms with Gasteiger partial charge in [0.05, 0.1) is 5.56 Å². The number of nitriles is 1. The van der Waals surface area contributed by atoms with Gasteiger partial charge in [-0.2, -0.15) is 5.26 Å². The third-order valence-electron chi connectivity index (χ3n) is 3.37. The number of nitrogens with zero attached hydrogens (tertiary/aromatic N) is 3. The van der Waals surface area contributed by atoms with E-state index < -0.39 is 0 Å². The van der Waals surface area contributed by atoms with Gasteiger partial charge in [0.25, 0.3) is 0 Å². The van der Waals surface area contributed by atoms with Crippen LogP contribution in [0, 0.1) is 18.3 Å². The van der Waals surface area contributed by atoms with Crippen LogP contribution in [0.1, 0.15) is 11.1 Å². The van der Waals surface area contributed by atoms with E-state index in [1.54, 1.807) is 20.4 Å². The van der Waals surface area contributed by atoms with Gasteiger partial charge in [0.15, 0.2) is 0 Å². The van der Waals surface area contributed by atoms with E-state index in [1.165, 1.54) is 0 Å². The fourth-order valence-electron chi connectivity index (χ4n) is 2.29. The molecule has 5 nitrogen and oxygen atoms in total. The van der Waals surface area contributed by atoms with Crippen molar-refractivity contribution in [3.05, 3.63) is 23.4 Å². The SMILES string of the molecule is COC1CN(c2nccc(C)c2C#N)CC1OC. The summed E-state index contributed by atoms with van der Waals surface area (Å²) in [4.78, 5) is 6.37. The average molecular weight is 247 g/mol. The molecule has 0 amide bonds. The first-order chi connectivity index (χ1) is 8.71. The van der Waals surface area contributed by atoms with Crippen LogP contribution in [-0.2, 0) is 9.47 Å². The van der Waals surface area contributed by atoms with Crippen molar-refractivity contribution in [2.45, 2.75) is 19.1 Å². The maximum atomic E-state index is 9.23. The van der Waals surface area contributed by atoms with Crippen LogP contribution in [-0.4, -0.2) is 44.5 Å². The van der Waals surface area contributed by atoms with E-state index in [1.807, 2.05) is 17.9 Å². The highest BCUT2D eigenvalue weighted by Gasteiger charge is 2.34. The zero-order valence-electron chi connectivity index (χ0n) is 10.9. The summed E-state index contributed by atoms with van der Waals surface area (Å²) in [5.41, 5.74) is 1.57. The number of anilines is 1. The molecule has 0 N–H and O–H groups in total. The molecule has 5 heteroatoms. The van der Waals surface area contributed by atoms with Gasteiger partial charge < -0.3 is 14.4 Å². The Labute approximate surface area is 107 Å². The number of ether oxygens (including phenoxy) is 2. The standard InChI is InChI=1S/C13H17N3O2/c1-9-4-5-15-13(10(9)6-14)16-7-11(17-2)12(8-16)18-3/h4-5,11-12H,7-8H2,1-3H3. The fraction of sp³-hybridized carbons (Fsp3) is 0.538. The Balaban J connectivity index is 2.29. The molecule has 0 saturated carbocycles. The summed E-state index contributed by atoms with van der Waals surface area (Å²) in [6, 6.07) is 4.07. The molecule has 18 heavy (non-hydrogen) atoms. The lowest BCUT2D eigenvalue weighted by Gasteiger charge is -2.18. The van der Waals surface area contributed by atoms with Crippen molar-refractivity contribution in [1.29, 1.82) is 5.26 Å². The van der Waals surface area contributed by atoms with E-state index in [0.717, 1.165) is 11.4 Å². The minimum atomic E-state index is 0.0175. The van der Waals surface area contributed by atoms with Gasteiger partial charge in [0.1, 0.15) is 24.1 Å². The normalized spacial score (nSPS) is 23.1. The number of aryl methyl sites for hydroxylation is 1.